The minimum Gasteiger partial charge on any atom is -0.329 e. The van der Waals surface area contributed by atoms with E-state index in [0.717, 1.165) is 0 Å². The van der Waals surface area contributed by atoms with Crippen molar-refractivity contribution in [1.82, 2.24) is 4.72 Å². The zero-order valence-electron chi connectivity index (χ0n) is 8.57. The Hall–Kier alpha value is -0.140. The summed E-state index contributed by atoms with van der Waals surface area (Å²) in [5.41, 5.74) is 5.36. The number of halogens is 2. The van der Waals surface area contributed by atoms with Gasteiger partial charge in [-0.05, 0) is 35.0 Å². The molecular weight excluding hydrogens is 316 g/mol. The summed E-state index contributed by atoms with van der Waals surface area (Å²) in [6, 6.07) is 4.39. The first kappa shape index (κ1) is 13.9. The number of nitrogens with one attached hydrogen (secondary N) is 1. The van der Waals surface area contributed by atoms with Gasteiger partial charge in [0.1, 0.15) is 4.90 Å². The Labute approximate surface area is 108 Å². The summed E-state index contributed by atoms with van der Waals surface area (Å²) in [6.45, 7) is 1.91. The fourth-order valence-corrected chi connectivity index (χ4v) is 3.35. The van der Waals surface area contributed by atoms with Crippen LogP contribution in [0.5, 0.6) is 0 Å². The maximum absolute atomic E-state index is 11.9. The van der Waals surface area contributed by atoms with E-state index in [9.17, 15) is 8.42 Å². The lowest BCUT2D eigenvalue weighted by molar-refractivity contribution is 0.562. The first-order valence-electron chi connectivity index (χ1n) is 4.55. The Morgan fingerprint density at radius 3 is 2.75 bits per heavy atom. The smallest absolute Gasteiger partial charge is 0.242 e. The molecule has 0 fully saturated rings. The Kier molecular flexibility index (Phi) is 4.75. The highest BCUT2D eigenvalue weighted by Crippen LogP contribution is 2.29. The quantitative estimate of drug-likeness (QED) is 0.884. The van der Waals surface area contributed by atoms with E-state index in [1.807, 2.05) is 0 Å². The molecule has 1 aromatic rings. The van der Waals surface area contributed by atoms with E-state index in [4.69, 9.17) is 17.3 Å². The third-order valence-electron chi connectivity index (χ3n) is 1.92. The van der Waals surface area contributed by atoms with E-state index < -0.39 is 10.0 Å². The molecule has 0 aliphatic carbocycles. The molecule has 0 bridgehead atoms. The van der Waals surface area contributed by atoms with Crippen molar-refractivity contribution in [1.29, 1.82) is 0 Å². The van der Waals surface area contributed by atoms with Crippen molar-refractivity contribution < 1.29 is 8.42 Å². The molecule has 1 atom stereocenters. The average molecular weight is 328 g/mol. The Bertz CT molecular complexity index is 478. The Morgan fingerprint density at radius 2 is 2.19 bits per heavy atom. The molecule has 90 valence electrons. The van der Waals surface area contributed by atoms with Crippen molar-refractivity contribution in [3.63, 3.8) is 0 Å². The van der Waals surface area contributed by atoms with E-state index in [0.29, 0.717) is 4.47 Å². The van der Waals surface area contributed by atoms with Gasteiger partial charge in [0.2, 0.25) is 10.0 Å². The summed E-state index contributed by atoms with van der Waals surface area (Å²) in [7, 11) is -3.62. The predicted molar refractivity (Wildman–Crippen MR) is 68.0 cm³/mol. The van der Waals surface area contributed by atoms with Crippen molar-refractivity contribution in [3.8, 4) is 0 Å². The second-order valence-corrected chi connectivity index (χ2v) is 6.22. The summed E-state index contributed by atoms with van der Waals surface area (Å²) in [6.07, 6.45) is 0. The van der Waals surface area contributed by atoms with E-state index >= 15 is 0 Å². The second kappa shape index (κ2) is 5.46. The van der Waals surface area contributed by atoms with Crippen LogP contribution in [-0.2, 0) is 10.0 Å². The van der Waals surface area contributed by atoms with Gasteiger partial charge in [0.25, 0.3) is 0 Å². The van der Waals surface area contributed by atoms with Crippen LogP contribution >= 0.6 is 27.5 Å². The fraction of sp³-hybridized carbons (Fsp3) is 0.333. The number of rotatable bonds is 4. The van der Waals surface area contributed by atoms with Gasteiger partial charge in [-0.2, -0.15) is 0 Å². The van der Waals surface area contributed by atoms with Gasteiger partial charge in [0.05, 0.1) is 5.02 Å². The van der Waals surface area contributed by atoms with Crippen molar-refractivity contribution in [2.45, 2.75) is 17.9 Å². The number of sulfonamides is 1. The van der Waals surface area contributed by atoms with Gasteiger partial charge in [-0.15, -0.1) is 0 Å². The van der Waals surface area contributed by atoms with Crippen molar-refractivity contribution in [3.05, 3.63) is 27.7 Å². The van der Waals surface area contributed by atoms with Crippen LogP contribution in [0.25, 0.3) is 0 Å². The predicted octanol–water partition coefficient (Wildman–Crippen LogP) is 1.73. The standard InChI is InChI=1S/C9H12BrClN2O2S/c1-6(5-12)13-16(14,15)8-4-2-3-7(10)9(8)11/h2-4,6,13H,5,12H2,1H3/t6-/m0/s1. The molecule has 0 spiro atoms. The van der Waals surface area contributed by atoms with Crippen LogP contribution in [0.4, 0.5) is 0 Å². The van der Waals surface area contributed by atoms with Gasteiger partial charge in [-0.3, -0.25) is 0 Å². The molecule has 7 heteroatoms. The second-order valence-electron chi connectivity index (χ2n) is 3.31. The van der Waals surface area contributed by atoms with Gasteiger partial charge in [0.15, 0.2) is 0 Å². The lowest BCUT2D eigenvalue weighted by Gasteiger charge is -2.13. The minimum atomic E-state index is -3.62. The Morgan fingerprint density at radius 1 is 1.56 bits per heavy atom. The lowest BCUT2D eigenvalue weighted by Crippen LogP contribution is -2.37. The number of benzene rings is 1. The monoisotopic (exact) mass is 326 g/mol. The molecule has 1 aromatic carbocycles. The molecule has 0 unspecified atom stereocenters. The zero-order chi connectivity index (χ0) is 12.3. The maximum atomic E-state index is 11.9. The zero-order valence-corrected chi connectivity index (χ0v) is 11.7. The van der Waals surface area contributed by atoms with Crippen LogP contribution < -0.4 is 10.5 Å². The molecule has 3 N–H and O–H groups in total. The van der Waals surface area contributed by atoms with E-state index in [2.05, 4.69) is 20.7 Å². The number of hydrogen-bond acceptors (Lipinski definition) is 3. The molecule has 0 radical (unpaired) electrons. The average Bonchev–Trinajstić information content (AvgIpc) is 2.21. The van der Waals surface area contributed by atoms with Crippen LogP contribution in [0.3, 0.4) is 0 Å². The van der Waals surface area contributed by atoms with Gasteiger partial charge in [-0.25, -0.2) is 13.1 Å². The van der Waals surface area contributed by atoms with Crippen LogP contribution in [0.2, 0.25) is 5.02 Å². The molecule has 0 heterocycles. The summed E-state index contributed by atoms with van der Waals surface area (Å²) < 4.78 is 26.8. The first-order valence-corrected chi connectivity index (χ1v) is 7.20. The molecule has 0 saturated heterocycles. The molecular formula is C9H12BrClN2O2S. The molecule has 4 nitrogen and oxygen atoms in total. The highest BCUT2D eigenvalue weighted by atomic mass is 79.9. The topological polar surface area (TPSA) is 72.2 Å². The fourth-order valence-electron chi connectivity index (χ4n) is 1.07. The highest BCUT2D eigenvalue weighted by Gasteiger charge is 2.20. The molecule has 0 aliphatic rings. The largest absolute Gasteiger partial charge is 0.329 e. The molecule has 0 saturated carbocycles. The molecule has 16 heavy (non-hydrogen) atoms. The molecule has 1 rings (SSSR count). The van der Waals surface area contributed by atoms with Crippen LogP contribution in [-0.4, -0.2) is 21.0 Å². The van der Waals surface area contributed by atoms with Crippen LogP contribution in [0.15, 0.2) is 27.6 Å². The van der Waals surface area contributed by atoms with Gasteiger partial charge >= 0.3 is 0 Å². The summed E-state index contributed by atoms with van der Waals surface area (Å²) in [5, 5.41) is 0.166. The highest BCUT2D eigenvalue weighted by molar-refractivity contribution is 9.10. The van der Waals surface area contributed by atoms with E-state index in [-0.39, 0.29) is 22.5 Å². The summed E-state index contributed by atoms with van der Waals surface area (Å²) in [4.78, 5) is 0.0452. The first-order chi connectivity index (χ1) is 7.38. The summed E-state index contributed by atoms with van der Waals surface area (Å²) in [5.74, 6) is 0. The van der Waals surface area contributed by atoms with Crippen molar-refractivity contribution in [2.75, 3.05) is 6.54 Å². The van der Waals surface area contributed by atoms with E-state index in [1.54, 1.807) is 19.1 Å². The molecule has 0 aliphatic heterocycles. The SMILES string of the molecule is C[C@@H](CN)NS(=O)(=O)c1cccc(Br)c1Cl. The normalized spacial score (nSPS) is 13.8. The lowest BCUT2D eigenvalue weighted by atomic mass is 10.4. The Balaban J connectivity index is 3.13. The van der Waals surface area contributed by atoms with Crippen LogP contribution in [0.1, 0.15) is 6.92 Å². The van der Waals surface area contributed by atoms with Gasteiger partial charge in [0, 0.05) is 17.1 Å². The molecule has 0 aromatic heterocycles. The molecule has 0 amide bonds. The number of nitrogens with two attached hydrogens (primary N) is 1. The van der Waals surface area contributed by atoms with Gasteiger partial charge < -0.3 is 5.73 Å². The third-order valence-corrected chi connectivity index (χ3v) is 4.96. The van der Waals surface area contributed by atoms with Gasteiger partial charge in [-0.1, -0.05) is 17.7 Å². The third kappa shape index (κ3) is 3.18. The van der Waals surface area contributed by atoms with Crippen molar-refractivity contribution >= 4 is 37.6 Å². The van der Waals surface area contributed by atoms with Crippen molar-refractivity contribution in [2.24, 2.45) is 5.73 Å². The number of hydrogen-bond donors (Lipinski definition) is 2. The maximum Gasteiger partial charge on any atom is 0.242 e. The minimum absolute atomic E-state index is 0.0452. The van der Waals surface area contributed by atoms with E-state index in [1.165, 1.54) is 6.07 Å². The van der Waals surface area contributed by atoms with Crippen LogP contribution in [0, 0.1) is 0 Å². The summed E-state index contributed by atoms with van der Waals surface area (Å²) >= 11 is 9.08.